The molecular formula is C17H22N4O2. The van der Waals surface area contributed by atoms with E-state index in [-0.39, 0.29) is 5.91 Å². The van der Waals surface area contributed by atoms with Crippen LogP contribution in [0, 0.1) is 0 Å². The van der Waals surface area contributed by atoms with E-state index in [0.29, 0.717) is 18.1 Å². The van der Waals surface area contributed by atoms with Gasteiger partial charge in [-0.05, 0) is 25.0 Å². The standard InChI is InChI=1S/C17H22N4O2/c1-3-14(22)21(2)13-9-5-4-8-12(13)15-19-16(20-23-15)17(18)10-6-7-11-17/h4-5,8-9H,3,6-7,10-11,18H2,1-2H3. The average Bonchev–Trinajstić information content (AvgIpc) is 3.23. The number of carbonyl (C=O) groups excluding carboxylic acids is 1. The molecule has 0 bridgehead atoms. The fraction of sp³-hybridized carbons (Fsp3) is 0.471. The second kappa shape index (κ2) is 6.12. The molecule has 1 aromatic carbocycles. The lowest BCUT2D eigenvalue weighted by molar-refractivity contribution is -0.118. The highest BCUT2D eigenvalue weighted by Gasteiger charge is 2.36. The van der Waals surface area contributed by atoms with Crippen LogP contribution < -0.4 is 10.6 Å². The quantitative estimate of drug-likeness (QED) is 0.938. The van der Waals surface area contributed by atoms with Crippen molar-refractivity contribution >= 4 is 11.6 Å². The fourth-order valence-electron chi connectivity index (χ4n) is 3.08. The molecule has 1 saturated carbocycles. The summed E-state index contributed by atoms with van der Waals surface area (Å²) in [6.07, 6.45) is 4.37. The minimum absolute atomic E-state index is 0.0308. The van der Waals surface area contributed by atoms with Crippen molar-refractivity contribution in [2.75, 3.05) is 11.9 Å². The number of carbonyl (C=O) groups is 1. The van der Waals surface area contributed by atoms with Crippen LogP contribution in [-0.4, -0.2) is 23.1 Å². The topological polar surface area (TPSA) is 85.2 Å². The molecule has 2 N–H and O–H groups in total. The molecule has 23 heavy (non-hydrogen) atoms. The number of anilines is 1. The van der Waals surface area contributed by atoms with Gasteiger partial charge in [-0.15, -0.1) is 0 Å². The average molecular weight is 314 g/mol. The van der Waals surface area contributed by atoms with Crippen molar-refractivity contribution in [2.24, 2.45) is 5.73 Å². The maximum Gasteiger partial charge on any atom is 0.260 e. The SMILES string of the molecule is CCC(=O)N(C)c1ccccc1-c1nc(C2(N)CCCC2)no1. The Bertz CT molecular complexity index is 704. The van der Waals surface area contributed by atoms with Crippen molar-refractivity contribution < 1.29 is 9.32 Å². The van der Waals surface area contributed by atoms with Crippen molar-refractivity contribution in [2.45, 2.75) is 44.6 Å². The molecule has 6 heteroatoms. The first-order valence-corrected chi connectivity index (χ1v) is 8.04. The number of rotatable bonds is 4. The van der Waals surface area contributed by atoms with Crippen LogP contribution in [0.2, 0.25) is 0 Å². The third-order valence-corrected chi connectivity index (χ3v) is 4.54. The van der Waals surface area contributed by atoms with Gasteiger partial charge in [-0.25, -0.2) is 0 Å². The van der Waals surface area contributed by atoms with Crippen molar-refractivity contribution in [1.82, 2.24) is 10.1 Å². The fourth-order valence-corrected chi connectivity index (χ4v) is 3.08. The molecule has 0 spiro atoms. The number of hydrogen-bond acceptors (Lipinski definition) is 5. The Labute approximate surface area is 135 Å². The largest absolute Gasteiger partial charge is 0.334 e. The van der Waals surface area contributed by atoms with E-state index in [0.717, 1.165) is 36.9 Å². The van der Waals surface area contributed by atoms with E-state index in [1.165, 1.54) is 0 Å². The Kier molecular flexibility index (Phi) is 4.17. The molecule has 1 amide bonds. The van der Waals surface area contributed by atoms with Gasteiger partial charge in [0.2, 0.25) is 5.91 Å². The van der Waals surface area contributed by atoms with Crippen LogP contribution in [0.1, 0.15) is 44.9 Å². The zero-order valence-corrected chi connectivity index (χ0v) is 13.6. The first-order chi connectivity index (χ1) is 11.0. The van der Waals surface area contributed by atoms with Gasteiger partial charge < -0.3 is 15.2 Å². The number of aromatic nitrogens is 2. The Hall–Kier alpha value is -2.21. The van der Waals surface area contributed by atoms with E-state index in [2.05, 4.69) is 10.1 Å². The molecule has 0 radical (unpaired) electrons. The molecule has 1 heterocycles. The lowest BCUT2D eigenvalue weighted by Crippen LogP contribution is -2.34. The molecule has 2 aromatic rings. The molecule has 0 unspecified atom stereocenters. The van der Waals surface area contributed by atoms with Crippen LogP contribution in [0.3, 0.4) is 0 Å². The van der Waals surface area contributed by atoms with Gasteiger partial charge in [0.15, 0.2) is 5.82 Å². The van der Waals surface area contributed by atoms with Gasteiger partial charge in [-0.2, -0.15) is 4.98 Å². The lowest BCUT2D eigenvalue weighted by Gasteiger charge is -2.19. The van der Waals surface area contributed by atoms with E-state index >= 15 is 0 Å². The normalized spacial score (nSPS) is 16.5. The summed E-state index contributed by atoms with van der Waals surface area (Å²) in [6.45, 7) is 1.84. The zero-order chi connectivity index (χ0) is 16.4. The molecule has 0 atom stereocenters. The van der Waals surface area contributed by atoms with Gasteiger partial charge in [0.05, 0.1) is 16.8 Å². The molecular weight excluding hydrogens is 292 g/mol. The van der Waals surface area contributed by atoms with Gasteiger partial charge in [-0.1, -0.05) is 37.1 Å². The monoisotopic (exact) mass is 314 g/mol. The van der Waals surface area contributed by atoms with Gasteiger partial charge in [0, 0.05) is 13.5 Å². The lowest BCUT2D eigenvalue weighted by atomic mass is 9.98. The number of amides is 1. The highest BCUT2D eigenvalue weighted by Crippen LogP contribution is 2.36. The number of nitrogens with two attached hydrogens (primary N) is 1. The molecule has 0 aliphatic heterocycles. The Morgan fingerprint density at radius 3 is 2.74 bits per heavy atom. The number of para-hydroxylation sites is 1. The third-order valence-electron chi connectivity index (χ3n) is 4.54. The van der Waals surface area contributed by atoms with E-state index < -0.39 is 5.54 Å². The summed E-state index contributed by atoms with van der Waals surface area (Å²) < 4.78 is 5.45. The maximum atomic E-state index is 12.0. The Morgan fingerprint density at radius 1 is 1.35 bits per heavy atom. The smallest absolute Gasteiger partial charge is 0.260 e. The summed E-state index contributed by atoms with van der Waals surface area (Å²) in [4.78, 5) is 18.1. The second-order valence-corrected chi connectivity index (χ2v) is 6.11. The Morgan fingerprint density at radius 2 is 2.04 bits per heavy atom. The molecule has 3 rings (SSSR count). The summed E-state index contributed by atoms with van der Waals surface area (Å²) in [5.41, 5.74) is 7.41. The highest BCUT2D eigenvalue weighted by atomic mass is 16.5. The predicted octanol–water partition coefficient (Wildman–Crippen LogP) is 2.84. The molecule has 1 aliphatic rings. The maximum absolute atomic E-state index is 12.0. The van der Waals surface area contributed by atoms with Gasteiger partial charge in [0.1, 0.15) is 0 Å². The molecule has 1 aromatic heterocycles. The van der Waals surface area contributed by atoms with Crippen LogP contribution in [0.4, 0.5) is 5.69 Å². The van der Waals surface area contributed by atoms with Crippen molar-refractivity contribution in [3.05, 3.63) is 30.1 Å². The van der Waals surface area contributed by atoms with E-state index in [9.17, 15) is 4.79 Å². The molecule has 122 valence electrons. The summed E-state index contributed by atoms with van der Waals surface area (Å²) >= 11 is 0. The van der Waals surface area contributed by atoms with Crippen LogP contribution in [0.25, 0.3) is 11.5 Å². The summed E-state index contributed by atoms with van der Waals surface area (Å²) in [7, 11) is 1.75. The van der Waals surface area contributed by atoms with Crippen LogP contribution >= 0.6 is 0 Å². The van der Waals surface area contributed by atoms with Crippen LogP contribution in [-0.2, 0) is 10.3 Å². The van der Waals surface area contributed by atoms with Crippen molar-refractivity contribution in [1.29, 1.82) is 0 Å². The summed E-state index contributed by atoms with van der Waals surface area (Å²) in [5, 5.41) is 4.10. The van der Waals surface area contributed by atoms with E-state index in [4.69, 9.17) is 10.3 Å². The van der Waals surface area contributed by atoms with E-state index in [1.54, 1.807) is 11.9 Å². The third kappa shape index (κ3) is 2.86. The van der Waals surface area contributed by atoms with Gasteiger partial charge in [-0.3, -0.25) is 4.79 Å². The number of benzene rings is 1. The predicted molar refractivity (Wildman–Crippen MR) is 87.8 cm³/mol. The molecule has 1 aliphatic carbocycles. The second-order valence-electron chi connectivity index (χ2n) is 6.11. The minimum atomic E-state index is -0.484. The first kappa shape index (κ1) is 15.7. The zero-order valence-electron chi connectivity index (χ0n) is 13.6. The Balaban J connectivity index is 1.97. The number of hydrogen-bond donors (Lipinski definition) is 1. The van der Waals surface area contributed by atoms with Crippen LogP contribution in [0.15, 0.2) is 28.8 Å². The van der Waals surface area contributed by atoms with Crippen LogP contribution in [0.5, 0.6) is 0 Å². The van der Waals surface area contributed by atoms with E-state index in [1.807, 2.05) is 31.2 Å². The molecule has 1 fully saturated rings. The van der Waals surface area contributed by atoms with Gasteiger partial charge in [0.25, 0.3) is 5.89 Å². The highest BCUT2D eigenvalue weighted by molar-refractivity contribution is 5.96. The van der Waals surface area contributed by atoms with Gasteiger partial charge >= 0.3 is 0 Å². The summed E-state index contributed by atoms with van der Waals surface area (Å²) in [6, 6.07) is 7.53. The molecule has 0 saturated heterocycles. The minimum Gasteiger partial charge on any atom is -0.334 e. The van der Waals surface area contributed by atoms with Crippen molar-refractivity contribution in [3.63, 3.8) is 0 Å². The first-order valence-electron chi connectivity index (χ1n) is 8.04. The van der Waals surface area contributed by atoms with Crippen molar-refractivity contribution in [3.8, 4) is 11.5 Å². The summed E-state index contributed by atoms with van der Waals surface area (Å²) in [5.74, 6) is 0.996. The number of nitrogens with zero attached hydrogens (tertiary/aromatic N) is 3. The molecule has 6 nitrogen and oxygen atoms in total.